The van der Waals surface area contributed by atoms with E-state index in [1.54, 1.807) is 30.3 Å². The Morgan fingerprint density at radius 2 is 1.04 bits per heavy atom. The van der Waals surface area contributed by atoms with Crippen LogP contribution in [0.1, 0.15) is 5.56 Å². The van der Waals surface area contributed by atoms with Gasteiger partial charge in [-0.2, -0.15) is 13.2 Å². The molecule has 0 heterocycles. The van der Waals surface area contributed by atoms with Crippen molar-refractivity contribution in [3.05, 3.63) is 84.4 Å². The summed E-state index contributed by atoms with van der Waals surface area (Å²) in [7, 11) is -3.61. The molecule has 0 amide bonds. The molecule has 0 saturated heterocycles. The van der Waals surface area contributed by atoms with Crippen LogP contribution in [0.4, 0.5) is 13.2 Å². The minimum Gasteiger partial charge on any atom is -0.219 e. The number of rotatable bonds is 3. The van der Waals surface area contributed by atoms with Gasteiger partial charge in [0.2, 0.25) is 9.84 Å². The zero-order valence-corrected chi connectivity index (χ0v) is 13.7. The van der Waals surface area contributed by atoms with Crippen molar-refractivity contribution < 1.29 is 21.6 Å². The standard InChI is InChI=1S/C19H13F3O2S/c20-19(21,22)16-10-6-14(7-11-16)15-8-12-18(13-9-15)25(23,24)17-4-2-1-3-5-17/h1-13H. The topological polar surface area (TPSA) is 34.1 Å². The normalized spacial score (nSPS) is 12.1. The Morgan fingerprint density at radius 1 is 0.600 bits per heavy atom. The number of alkyl halides is 3. The van der Waals surface area contributed by atoms with Gasteiger partial charge < -0.3 is 0 Å². The summed E-state index contributed by atoms with van der Waals surface area (Å²) in [5.74, 6) is 0. The quantitative estimate of drug-likeness (QED) is 0.641. The molecule has 3 rings (SSSR count). The van der Waals surface area contributed by atoms with Gasteiger partial charge in [0.15, 0.2) is 0 Å². The molecule has 0 aliphatic carbocycles. The molecule has 0 aromatic heterocycles. The van der Waals surface area contributed by atoms with Crippen LogP contribution in [0, 0.1) is 0 Å². The number of benzene rings is 3. The van der Waals surface area contributed by atoms with Crippen molar-refractivity contribution in [3.63, 3.8) is 0 Å². The van der Waals surface area contributed by atoms with Crippen molar-refractivity contribution in [3.8, 4) is 11.1 Å². The molecule has 2 nitrogen and oxygen atoms in total. The van der Waals surface area contributed by atoms with Crippen LogP contribution in [0.25, 0.3) is 11.1 Å². The smallest absolute Gasteiger partial charge is 0.219 e. The SMILES string of the molecule is O=S(=O)(c1ccccc1)c1ccc(-c2ccc(C(F)(F)F)cc2)cc1. The lowest BCUT2D eigenvalue weighted by Gasteiger charge is -2.09. The molecule has 0 aliphatic rings. The predicted octanol–water partition coefficient (Wildman–Crippen LogP) is 5.21. The van der Waals surface area contributed by atoms with Crippen LogP contribution >= 0.6 is 0 Å². The summed E-state index contributed by atoms with van der Waals surface area (Å²) in [6.45, 7) is 0. The van der Waals surface area contributed by atoms with Gasteiger partial charge in [0, 0.05) is 0 Å². The van der Waals surface area contributed by atoms with E-state index in [2.05, 4.69) is 0 Å². The van der Waals surface area contributed by atoms with Gasteiger partial charge in [-0.25, -0.2) is 8.42 Å². The van der Waals surface area contributed by atoms with E-state index in [-0.39, 0.29) is 9.79 Å². The Labute approximate surface area is 143 Å². The van der Waals surface area contributed by atoms with E-state index in [1.165, 1.54) is 36.4 Å². The number of hydrogen-bond acceptors (Lipinski definition) is 2. The molecule has 0 atom stereocenters. The minimum atomic E-state index is -4.38. The van der Waals surface area contributed by atoms with Crippen LogP contribution in [-0.4, -0.2) is 8.42 Å². The largest absolute Gasteiger partial charge is 0.416 e. The summed E-state index contributed by atoms with van der Waals surface area (Å²) in [6.07, 6.45) is -4.38. The summed E-state index contributed by atoms with van der Waals surface area (Å²) in [4.78, 5) is 0.326. The van der Waals surface area contributed by atoms with Crippen LogP contribution in [0.5, 0.6) is 0 Å². The van der Waals surface area contributed by atoms with Gasteiger partial charge in [-0.05, 0) is 47.5 Å². The van der Waals surface area contributed by atoms with Crippen molar-refractivity contribution >= 4 is 9.84 Å². The van der Waals surface area contributed by atoms with E-state index >= 15 is 0 Å². The fourth-order valence-electron chi connectivity index (χ4n) is 2.41. The second kappa shape index (κ2) is 6.37. The van der Waals surface area contributed by atoms with Crippen LogP contribution < -0.4 is 0 Å². The number of hydrogen-bond donors (Lipinski definition) is 0. The first-order chi connectivity index (χ1) is 11.8. The maximum Gasteiger partial charge on any atom is 0.416 e. The first-order valence-corrected chi connectivity index (χ1v) is 8.85. The lowest BCUT2D eigenvalue weighted by molar-refractivity contribution is -0.137. The fraction of sp³-hybridized carbons (Fsp3) is 0.0526. The molecule has 0 spiro atoms. The van der Waals surface area contributed by atoms with Crippen LogP contribution in [0.3, 0.4) is 0 Å². The molecular formula is C19H13F3O2S. The summed E-state index contributed by atoms with van der Waals surface area (Å²) in [5, 5.41) is 0. The van der Waals surface area contributed by atoms with Gasteiger partial charge in [0.1, 0.15) is 0 Å². The lowest BCUT2D eigenvalue weighted by Crippen LogP contribution is -2.04. The third-order valence-electron chi connectivity index (χ3n) is 3.76. The molecule has 0 bridgehead atoms. The Kier molecular flexibility index (Phi) is 4.39. The molecule has 25 heavy (non-hydrogen) atoms. The lowest BCUT2D eigenvalue weighted by atomic mass is 10.0. The third kappa shape index (κ3) is 3.58. The molecule has 0 saturated carbocycles. The highest BCUT2D eigenvalue weighted by Crippen LogP contribution is 2.31. The highest BCUT2D eigenvalue weighted by Gasteiger charge is 2.30. The highest BCUT2D eigenvalue weighted by molar-refractivity contribution is 7.91. The fourth-order valence-corrected chi connectivity index (χ4v) is 3.70. The Bertz CT molecular complexity index is 960. The highest BCUT2D eigenvalue weighted by atomic mass is 32.2. The van der Waals surface area contributed by atoms with Crippen LogP contribution in [0.15, 0.2) is 88.7 Å². The third-order valence-corrected chi connectivity index (χ3v) is 5.55. The minimum absolute atomic E-state index is 0.134. The Balaban J connectivity index is 1.90. The summed E-state index contributed by atoms with van der Waals surface area (Å²) in [6, 6.07) is 18.8. The van der Waals surface area contributed by atoms with Gasteiger partial charge >= 0.3 is 6.18 Å². The van der Waals surface area contributed by atoms with Crippen molar-refractivity contribution in [1.82, 2.24) is 0 Å². The monoisotopic (exact) mass is 362 g/mol. The first kappa shape index (κ1) is 17.2. The van der Waals surface area contributed by atoms with Crippen molar-refractivity contribution in [2.75, 3.05) is 0 Å². The second-order valence-electron chi connectivity index (χ2n) is 5.42. The van der Waals surface area contributed by atoms with Gasteiger partial charge in [0.25, 0.3) is 0 Å². The second-order valence-corrected chi connectivity index (χ2v) is 7.37. The number of halogens is 3. The van der Waals surface area contributed by atoms with Crippen molar-refractivity contribution in [1.29, 1.82) is 0 Å². The van der Waals surface area contributed by atoms with Gasteiger partial charge in [-0.15, -0.1) is 0 Å². The summed E-state index contributed by atoms with van der Waals surface area (Å²) >= 11 is 0. The van der Waals surface area contributed by atoms with Gasteiger partial charge in [-0.3, -0.25) is 0 Å². The first-order valence-electron chi connectivity index (χ1n) is 7.36. The zero-order valence-electron chi connectivity index (χ0n) is 12.9. The molecule has 0 unspecified atom stereocenters. The molecular weight excluding hydrogens is 349 g/mol. The van der Waals surface area contributed by atoms with E-state index in [0.29, 0.717) is 11.1 Å². The maximum atomic E-state index is 12.6. The van der Waals surface area contributed by atoms with E-state index in [9.17, 15) is 21.6 Å². The van der Waals surface area contributed by atoms with Crippen molar-refractivity contribution in [2.45, 2.75) is 16.0 Å². The van der Waals surface area contributed by atoms with Gasteiger partial charge in [-0.1, -0.05) is 42.5 Å². The van der Waals surface area contributed by atoms with E-state index < -0.39 is 21.6 Å². The molecule has 0 aliphatic heterocycles. The molecule has 0 radical (unpaired) electrons. The average molecular weight is 362 g/mol. The molecule has 3 aromatic carbocycles. The summed E-state index contributed by atoms with van der Waals surface area (Å²) in [5.41, 5.74) is 0.497. The predicted molar refractivity (Wildman–Crippen MR) is 88.8 cm³/mol. The van der Waals surface area contributed by atoms with E-state index in [4.69, 9.17) is 0 Å². The molecule has 0 fully saturated rings. The maximum absolute atomic E-state index is 12.6. The zero-order chi connectivity index (χ0) is 18.1. The molecule has 3 aromatic rings. The summed E-state index contributed by atoms with van der Waals surface area (Å²) < 4.78 is 62.8. The van der Waals surface area contributed by atoms with E-state index in [0.717, 1.165) is 12.1 Å². The van der Waals surface area contributed by atoms with Crippen molar-refractivity contribution in [2.24, 2.45) is 0 Å². The van der Waals surface area contributed by atoms with E-state index in [1.807, 2.05) is 0 Å². The van der Waals surface area contributed by atoms with Crippen LogP contribution in [-0.2, 0) is 16.0 Å². The molecule has 6 heteroatoms. The Hall–Kier alpha value is -2.60. The van der Waals surface area contributed by atoms with Gasteiger partial charge in [0.05, 0.1) is 15.4 Å². The van der Waals surface area contributed by atoms with Crippen LogP contribution in [0.2, 0.25) is 0 Å². The Morgan fingerprint density at radius 3 is 1.52 bits per heavy atom. The molecule has 128 valence electrons. The number of sulfone groups is 1. The molecule has 0 N–H and O–H groups in total. The average Bonchev–Trinajstić information content (AvgIpc) is 2.62.